The fourth-order valence-corrected chi connectivity index (χ4v) is 13.0. The second-order valence-electron chi connectivity index (χ2n) is 15.6. The summed E-state index contributed by atoms with van der Waals surface area (Å²) in [6.07, 6.45) is 7.13. The Labute approximate surface area is 291 Å². The summed E-state index contributed by atoms with van der Waals surface area (Å²) in [6.45, 7) is 0. The molecule has 1 aromatic heterocycles. The molecular weight excluding hydrogens is 609 g/mol. The summed E-state index contributed by atoms with van der Waals surface area (Å²) in [5.74, 6) is 3.42. The summed E-state index contributed by atoms with van der Waals surface area (Å²) in [6, 6.07) is 51.5. The summed E-state index contributed by atoms with van der Waals surface area (Å²) in [5, 5.41) is 8.08. The quantitative estimate of drug-likeness (QED) is 0.164. The van der Waals surface area contributed by atoms with Crippen molar-refractivity contribution in [1.82, 2.24) is 0 Å². The Morgan fingerprint density at radius 2 is 0.918 bits per heavy atom. The third kappa shape index (κ3) is 3.49. The van der Waals surface area contributed by atoms with Crippen molar-refractivity contribution in [2.75, 3.05) is 0 Å². The Morgan fingerprint density at radius 1 is 0.408 bits per heavy atom. The molecule has 1 heteroatoms. The number of hydrogen-bond donors (Lipinski definition) is 0. The van der Waals surface area contributed by atoms with Gasteiger partial charge in [0, 0.05) is 25.6 Å². The van der Waals surface area contributed by atoms with Crippen LogP contribution in [0, 0.1) is 23.7 Å². The highest BCUT2D eigenvalue weighted by Crippen LogP contribution is 2.69. The largest absolute Gasteiger partial charge is 0.135 e. The Hall–Kier alpha value is -4.72. The normalized spacial score (nSPS) is 24.8. The molecule has 5 aliphatic carbocycles. The first-order valence-corrected chi connectivity index (χ1v) is 19.2. The maximum Gasteiger partial charge on any atom is 0.0355 e. The summed E-state index contributed by atoms with van der Waals surface area (Å²) < 4.78 is 2.71. The van der Waals surface area contributed by atoms with Crippen molar-refractivity contribution < 1.29 is 0 Å². The van der Waals surface area contributed by atoms with E-state index in [1.165, 1.54) is 107 Å². The van der Waals surface area contributed by atoms with Crippen LogP contribution in [-0.4, -0.2) is 0 Å². The molecule has 0 saturated heterocycles. The summed E-state index contributed by atoms with van der Waals surface area (Å²) >= 11 is 1.90. The van der Waals surface area contributed by atoms with Crippen LogP contribution in [0.5, 0.6) is 0 Å². The zero-order valence-electron chi connectivity index (χ0n) is 27.5. The maximum absolute atomic E-state index is 2.68. The van der Waals surface area contributed by atoms with Gasteiger partial charge in [-0.25, -0.2) is 0 Å². The lowest BCUT2D eigenvalue weighted by Gasteiger charge is -2.61. The van der Waals surface area contributed by atoms with Gasteiger partial charge in [0.05, 0.1) is 0 Å². The Bertz CT molecular complexity index is 2600. The van der Waals surface area contributed by atoms with E-state index in [1.807, 2.05) is 11.3 Å². The van der Waals surface area contributed by atoms with E-state index in [9.17, 15) is 0 Å². The van der Waals surface area contributed by atoms with Gasteiger partial charge in [-0.1, -0.05) is 109 Å². The third-order valence-electron chi connectivity index (χ3n) is 13.4. The standard InChI is InChI=1S/C48H36S/c1-3-13-39-37(11-1)46(30-18-20-45-41(26-30)36-10-6-8-16-44(36)49-45)38-12-2-4-14-40(38)47(39)31-17-19-35-34-9-5-7-15-42(34)48(43(35)27-31)32-22-28-21-29(24-32)25-33(48)23-28/h1-20,26-29,32-33H,21-25H2. The van der Waals surface area contributed by atoms with Gasteiger partial charge in [-0.15, -0.1) is 11.3 Å². The molecule has 49 heavy (non-hydrogen) atoms. The molecular formula is C48H36S. The van der Waals surface area contributed by atoms with Crippen molar-refractivity contribution in [3.8, 4) is 33.4 Å². The van der Waals surface area contributed by atoms with Crippen LogP contribution in [0.25, 0.3) is 75.1 Å². The van der Waals surface area contributed by atoms with Crippen molar-refractivity contribution in [1.29, 1.82) is 0 Å². The predicted octanol–water partition coefficient (Wildman–Crippen LogP) is 13.4. The van der Waals surface area contributed by atoms with E-state index in [2.05, 4.69) is 133 Å². The highest BCUT2D eigenvalue weighted by molar-refractivity contribution is 7.25. The van der Waals surface area contributed by atoms with E-state index in [0.717, 1.165) is 23.7 Å². The summed E-state index contributed by atoms with van der Waals surface area (Å²) in [7, 11) is 0. The van der Waals surface area contributed by atoms with E-state index in [1.54, 1.807) is 11.1 Å². The molecule has 4 bridgehead atoms. The number of rotatable bonds is 2. The maximum atomic E-state index is 2.68. The number of hydrogen-bond acceptors (Lipinski definition) is 1. The number of benzene rings is 7. The molecule has 0 unspecified atom stereocenters. The van der Waals surface area contributed by atoms with Gasteiger partial charge in [-0.2, -0.15) is 0 Å². The van der Waals surface area contributed by atoms with Crippen LogP contribution in [0.15, 0.2) is 133 Å². The minimum atomic E-state index is 0.166. The minimum absolute atomic E-state index is 0.166. The van der Waals surface area contributed by atoms with E-state index in [4.69, 9.17) is 0 Å². The molecule has 0 radical (unpaired) electrons. The summed E-state index contributed by atoms with van der Waals surface area (Å²) in [5.41, 5.74) is 11.8. The molecule has 4 saturated carbocycles. The van der Waals surface area contributed by atoms with Gasteiger partial charge < -0.3 is 0 Å². The van der Waals surface area contributed by atoms with Crippen LogP contribution in [0.4, 0.5) is 0 Å². The lowest BCUT2D eigenvalue weighted by molar-refractivity contribution is -0.0399. The van der Waals surface area contributed by atoms with Crippen LogP contribution in [0.1, 0.15) is 43.2 Å². The highest BCUT2D eigenvalue weighted by Gasteiger charge is 2.61. The lowest BCUT2D eigenvalue weighted by Crippen LogP contribution is -2.55. The van der Waals surface area contributed by atoms with Crippen LogP contribution in [0.3, 0.4) is 0 Å². The second-order valence-corrected chi connectivity index (χ2v) is 16.7. The van der Waals surface area contributed by atoms with Crippen molar-refractivity contribution in [2.24, 2.45) is 23.7 Å². The zero-order valence-corrected chi connectivity index (χ0v) is 28.3. The van der Waals surface area contributed by atoms with Gasteiger partial charge in [0.2, 0.25) is 0 Å². The molecule has 7 aromatic carbocycles. The molecule has 13 rings (SSSR count). The van der Waals surface area contributed by atoms with E-state index in [-0.39, 0.29) is 5.41 Å². The topological polar surface area (TPSA) is 0 Å². The van der Waals surface area contributed by atoms with Crippen molar-refractivity contribution in [3.05, 3.63) is 145 Å². The van der Waals surface area contributed by atoms with Crippen LogP contribution >= 0.6 is 11.3 Å². The van der Waals surface area contributed by atoms with Crippen molar-refractivity contribution in [3.63, 3.8) is 0 Å². The zero-order chi connectivity index (χ0) is 31.8. The number of fused-ring (bicyclic) bond motifs is 8. The van der Waals surface area contributed by atoms with Gasteiger partial charge in [0.25, 0.3) is 0 Å². The van der Waals surface area contributed by atoms with Gasteiger partial charge in [-0.3, -0.25) is 0 Å². The fraction of sp³-hybridized carbons (Fsp3) is 0.208. The molecule has 1 spiro atoms. The fourth-order valence-electron chi connectivity index (χ4n) is 11.9. The van der Waals surface area contributed by atoms with E-state index in [0.29, 0.717) is 0 Å². The molecule has 0 nitrogen and oxygen atoms in total. The second kappa shape index (κ2) is 9.71. The predicted molar refractivity (Wildman–Crippen MR) is 208 cm³/mol. The van der Waals surface area contributed by atoms with Gasteiger partial charge in [-0.05, 0) is 146 Å². The highest BCUT2D eigenvalue weighted by atomic mass is 32.1. The van der Waals surface area contributed by atoms with Gasteiger partial charge in [0.1, 0.15) is 0 Å². The van der Waals surface area contributed by atoms with Gasteiger partial charge >= 0.3 is 0 Å². The number of thiophene rings is 1. The molecule has 5 aliphatic rings. The Morgan fingerprint density at radius 3 is 1.59 bits per heavy atom. The Kier molecular flexibility index (Phi) is 5.38. The molecule has 8 aromatic rings. The molecule has 234 valence electrons. The Balaban J connectivity index is 1.12. The van der Waals surface area contributed by atoms with Crippen LogP contribution in [-0.2, 0) is 5.41 Å². The minimum Gasteiger partial charge on any atom is -0.135 e. The molecule has 4 fully saturated rings. The third-order valence-corrected chi connectivity index (χ3v) is 14.6. The van der Waals surface area contributed by atoms with Crippen LogP contribution < -0.4 is 0 Å². The molecule has 0 aliphatic heterocycles. The van der Waals surface area contributed by atoms with E-state index < -0.39 is 0 Å². The first-order valence-electron chi connectivity index (χ1n) is 18.4. The van der Waals surface area contributed by atoms with Crippen LogP contribution in [0.2, 0.25) is 0 Å². The molecule has 0 atom stereocenters. The molecule has 0 N–H and O–H groups in total. The van der Waals surface area contributed by atoms with Gasteiger partial charge in [0.15, 0.2) is 0 Å². The molecule has 1 heterocycles. The smallest absolute Gasteiger partial charge is 0.0355 e. The first-order chi connectivity index (χ1) is 24.3. The summed E-state index contributed by atoms with van der Waals surface area (Å²) in [4.78, 5) is 0. The molecule has 0 amide bonds. The van der Waals surface area contributed by atoms with Crippen molar-refractivity contribution in [2.45, 2.75) is 37.5 Å². The van der Waals surface area contributed by atoms with Crippen molar-refractivity contribution >= 4 is 53.1 Å². The van der Waals surface area contributed by atoms with E-state index >= 15 is 0 Å². The lowest BCUT2D eigenvalue weighted by atomic mass is 9.43. The average Bonchev–Trinajstić information content (AvgIpc) is 3.65. The first kappa shape index (κ1) is 27.1. The average molecular weight is 645 g/mol. The SMILES string of the molecule is c1ccc2c(c1)-c1ccc(-c3c4ccccc4c(-c4ccc5sc6ccccc6c5c4)c4ccccc34)cc1C21C2CC3CC(C2)CC1C3. The monoisotopic (exact) mass is 644 g/mol.